The summed E-state index contributed by atoms with van der Waals surface area (Å²) in [5, 5.41) is 0. The summed E-state index contributed by atoms with van der Waals surface area (Å²) in [6, 6.07) is 13.2. The van der Waals surface area contributed by atoms with Crippen LogP contribution < -0.4 is 15.5 Å². The molecule has 0 atom stereocenters. The minimum Gasteiger partial charge on any atom is -0.366 e. The number of para-hydroxylation sites is 1. The number of piperazine rings is 1. The van der Waals surface area contributed by atoms with Crippen LogP contribution in [0.25, 0.3) is 11.3 Å². The van der Waals surface area contributed by atoms with Crippen LogP contribution in [0.1, 0.15) is 11.3 Å². The molecule has 0 spiro atoms. The Morgan fingerprint density at radius 3 is 2.13 bits per heavy atom. The number of halogens is 4. The van der Waals surface area contributed by atoms with Crippen molar-refractivity contribution in [2.45, 2.75) is 12.7 Å². The summed E-state index contributed by atoms with van der Waals surface area (Å²) in [6.45, 7) is 2.52. The zero-order chi connectivity index (χ0) is 22.0. The van der Waals surface area contributed by atoms with Crippen LogP contribution in [0, 0.1) is 5.82 Å². The molecule has 3 aromatic rings. The zero-order valence-corrected chi connectivity index (χ0v) is 16.6. The van der Waals surface area contributed by atoms with Crippen LogP contribution in [0.2, 0.25) is 0 Å². The molecule has 5 nitrogen and oxygen atoms in total. The summed E-state index contributed by atoms with van der Waals surface area (Å²) in [5.41, 5.74) is 7.29. The fraction of sp³-hybridized carbons (Fsp3) is 0.273. The average molecular weight is 431 g/mol. The molecule has 0 aliphatic carbocycles. The molecule has 1 fully saturated rings. The van der Waals surface area contributed by atoms with Gasteiger partial charge in [-0.15, -0.1) is 0 Å². The van der Waals surface area contributed by atoms with E-state index >= 15 is 0 Å². The third-order valence-corrected chi connectivity index (χ3v) is 5.24. The molecular formula is C22H21F4N5. The van der Waals surface area contributed by atoms with Crippen molar-refractivity contribution in [3.05, 3.63) is 71.7 Å². The molecule has 2 N–H and O–H groups in total. The van der Waals surface area contributed by atoms with Gasteiger partial charge < -0.3 is 15.5 Å². The van der Waals surface area contributed by atoms with Gasteiger partial charge in [-0.05, 0) is 30.3 Å². The highest BCUT2D eigenvalue weighted by atomic mass is 19.4. The highest BCUT2D eigenvalue weighted by Crippen LogP contribution is 2.31. The number of hydrogen-bond acceptors (Lipinski definition) is 5. The second-order valence-corrected chi connectivity index (χ2v) is 7.25. The van der Waals surface area contributed by atoms with Crippen molar-refractivity contribution in [3.63, 3.8) is 0 Å². The average Bonchev–Trinajstić information content (AvgIpc) is 2.79. The summed E-state index contributed by atoms with van der Waals surface area (Å²) in [7, 11) is 0. The predicted molar refractivity (Wildman–Crippen MR) is 111 cm³/mol. The van der Waals surface area contributed by atoms with Crippen molar-refractivity contribution in [1.29, 1.82) is 0 Å². The molecule has 162 valence electrons. The Kier molecular flexibility index (Phi) is 5.77. The first kappa shape index (κ1) is 21.0. The van der Waals surface area contributed by atoms with E-state index in [1.54, 1.807) is 24.3 Å². The number of rotatable bonds is 4. The van der Waals surface area contributed by atoms with Gasteiger partial charge in [0, 0.05) is 38.3 Å². The topological polar surface area (TPSA) is 58.3 Å². The lowest BCUT2D eigenvalue weighted by Crippen LogP contribution is -2.47. The Balaban J connectivity index is 1.55. The molecule has 0 unspecified atom stereocenters. The number of nitrogens with two attached hydrogens (primary N) is 1. The number of alkyl halides is 3. The number of anilines is 2. The molecular weight excluding hydrogens is 410 g/mol. The number of aromatic nitrogens is 2. The second-order valence-electron chi connectivity index (χ2n) is 7.25. The minimum absolute atomic E-state index is 0.179. The van der Waals surface area contributed by atoms with E-state index in [-0.39, 0.29) is 12.4 Å². The smallest absolute Gasteiger partial charge is 0.366 e. The molecule has 9 heteroatoms. The van der Waals surface area contributed by atoms with Crippen molar-refractivity contribution >= 4 is 11.6 Å². The fourth-order valence-electron chi connectivity index (χ4n) is 3.56. The Bertz CT molecular complexity index is 1040. The van der Waals surface area contributed by atoms with Crippen LogP contribution >= 0.6 is 0 Å². The van der Waals surface area contributed by atoms with E-state index in [0.717, 1.165) is 12.1 Å². The quantitative estimate of drug-likeness (QED) is 0.631. The first-order chi connectivity index (χ1) is 14.8. The fourth-order valence-corrected chi connectivity index (χ4v) is 3.56. The van der Waals surface area contributed by atoms with Crippen molar-refractivity contribution < 1.29 is 17.6 Å². The Morgan fingerprint density at radius 1 is 0.871 bits per heavy atom. The van der Waals surface area contributed by atoms with Crippen molar-refractivity contribution in [1.82, 2.24) is 9.97 Å². The van der Waals surface area contributed by atoms with Crippen LogP contribution in [-0.4, -0.2) is 36.1 Å². The molecule has 0 amide bonds. The van der Waals surface area contributed by atoms with Crippen LogP contribution in [0.5, 0.6) is 0 Å². The molecule has 1 aliphatic heterocycles. The number of nitrogens with zero attached hydrogens (tertiary/aromatic N) is 4. The molecule has 1 aliphatic rings. The van der Waals surface area contributed by atoms with Gasteiger partial charge in [-0.25, -0.2) is 14.4 Å². The Hall–Kier alpha value is -3.20. The number of benzene rings is 2. The summed E-state index contributed by atoms with van der Waals surface area (Å²) in [4.78, 5) is 13.0. The van der Waals surface area contributed by atoms with Crippen molar-refractivity contribution in [3.8, 4) is 11.3 Å². The maximum Gasteiger partial charge on any atom is 0.416 e. The minimum atomic E-state index is -4.39. The van der Waals surface area contributed by atoms with E-state index in [2.05, 4.69) is 9.97 Å². The lowest BCUT2D eigenvalue weighted by atomic mass is 10.1. The highest BCUT2D eigenvalue weighted by molar-refractivity contribution is 5.62. The SMILES string of the molecule is NCc1cc(-c2ccc(C(F)(F)F)cc2)nc(N2CCN(c3ccccc3F)CC2)n1. The summed E-state index contributed by atoms with van der Waals surface area (Å²) in [5.74, 6) is 0.202. The first-order valence-corrected chi connectivity index (χ1v) is 9.85. The summed E-state index contributed by atoms with van der Waals surface area (Å²) >= 11 is 0. The first-order valence-electron chi connectivity index (χ1n) is 9.85. The van der Waals surface area contributed by atoms with Crippen LogP contribution in [-0.2, 0) is 12.7 Å². The molecule has 0 bridgehead atoms. The van der Waals surface area contributed by atoms with Crippen molar-refractivity contribution in [2.24, 2.45) is 5.73 Å². The van der Waals surface area contributed by atoms with Crippen LogP contribution in [0.4, 0.5) is 29.2 Å². The maximum atomic E-state index is 14.1. The standard InChI is InChI=1S/C22H21F4N5/c23-18-3-1-2-4-20(18)30-9-11-31(12-10-30)21-28-17(14-27)13-19(29-21)15-5-7-16(8-6-15)22(24,25)26/h1-8,13H,9-12,14,27H2. The molecule has 0 saturated carbocycles. The van der Waals surface area contributed by atoms with E-state index < -0.39 is 11.7 Å². The Labute approximate surface area is 177 Å². The van der Waals surface area contributed by atoms with Gasteiger partial charge in [0.05, 0.1) is 22.6 Å². The highest BCUT2D eigenvalue weighted by Gasteiger charge is 2.30. The lowest BCUT2D eigenvalue weighted by Gasteiger charge is -2.36. The lowest BCUT2D eigenvalue weighted by molar-refractivity contribution is -0.137. The van der Waals surface area contributed by atoms with Crippen LogP contribution in [0.15, 0.2) is 54.6 Å². The van der Waals surface area contributed by atoms with E-state index in [4.69, 9.17) is 5.73 Å². The van der Waals surface area contributed by atoms with Gasteiger partial charge in [-0.2, -0.15) is 13.2 Å². The molecule has 1 aromatic heterocycles. The van der Waals surface area contributed by atoms with E-state index in [1.807, 2.05) is 9.80 Å². The van der Waals surface area contributed by atoms with Crippen LogP contribution in [0.3, 0.4) is 0 Å². The summed E-state index contributed by atoms with van der Waals surface area (Å²) < 4.78 is 52.6. The molecule has 2 aromatic carbocycles. The Morgan fingerprint density at radius 2 is 1.52 bits per heavy atom. The third-order valence-electron chi connectivity index (χ3n) is 5.24. The molecule has 4 rings (SSSR count). The monoisotopic (exact) mass is 431 g/mol. The van der Waals surface area contributed by atoms with Gasteiger partial charge in [0.25, 0.3) is 0 Å². The van der Waals surface area contributed by atoms with Gasteiger partial charge in [0.1, 0.15) is 5.82 Å². The van der Waals surface area contributed by atoms with Gasteiger partial charge in [-0.1, -0.05) is 24.3 Å². The number of hydrogen-bond donors (Lipinski definition) is 1. The van der Waals surface area contributed by atoms with E-state index in [9.17, 15) is 17.6 Å². The second kappa shape index (κ2) is 8.50. The maximum absolute atomic E-state index is 14.1. The molecule has 31 heavy (non-hydrogen) atoms. The normalized spacial score (nSPS) is 14.7. The molecule has 2 heterocycles. The van der Waals surface area contributed by atoms with Gasteiger partial charge in [0.15, 0.2) is 0 Å². The molecule has 0 radical (unpaired) electrons. The van der Waals surface area contributed by atoms with Crippen molar-refractivity contribution in [2.75, 3.05) is 36.0 Å². The third kappa shape index (κ3) is 4.61. The largest absolute Gasteiger partial charge is 0.416 e. The van der Waals surface area contributed by atoms with Gasteiger partial charge >= 0.3 is 6.18 Å². The predicted octanol–water partition coefficient (Wildman–Crippen LogP) is 4.09. The summed E-state index contributed by atoms with van der Waals surface area (Å²) in [6.07, 6.45) is -4.39. The van der Waals surface area contributed by atoms with Gasteiger partial charge in [-0.3, -0.25) is 0 Å². The van der Waals surface area contributed by atoms with E-state index in [1.165, 1.54) is 18.2 Å². The molecule has 1 saturated heterocycles. The zero-order valence-electron chi connectivity index (χ0n) is 16.6. The van der Waals surface area contributed by atoms with Gasteiger partial charge in [0.2, 0.25) is 5.95 Å². The van der Waals surface area contributed by atoms with E-state index in [0.29, 0.717) is 54.8 Å².